The van der Waals surface area contributed by atoms with E-state index >= 15 is 4.39 Å². The minimum atomic E-state index is -1.48. The summed E-state index contributed by atoms with van der Waals surface area (Å²) in [6.07, 6.45) is 11.0. The van der Waals surface area contributed by atoms with E-state index in [4.69, 9.17) is 0 Å². The summed E-state index contributed by atoms with van der Waals surface area (Å²) in [5.74, 6) is -2.66. The number of fused-ring (bicyclic) bond motifs is 1. The Morgan fingerprint density at radius 2 is 1.42 bits per heavy atom. The third kappa shape index (κ3) is 5.66. The van der Waals surface area contributed by atoms with E-state index in [1.54, 1.807) is 6.07 Å². The van der Waals surface area contributed by atoms with Gasteiger partial charge < -0.3 is 0 Å². The molecule has 4 heteroatoms. The Morgan fingerprint density at radius 3 is 2.12 bits per heavy atom. The van der Waals surface area contributed by atoms with Crippen molar-refractivity contribution in [2.75, 3.05) is 0 Å². The van der Waals surface area contributed by atoms with Gasteiger partial charge in [-0.25, -0.2) is 17.6 Å². The van der Waals surface area contributed by atoms with Crippen LogP contribution in [0.1, 0.15) is 55.2 Å². The van der Waals surface area contributed by atoms with Gasteiger partial charge in [0.05, 0.1) is 0 Å². The Kier molecular flexibility index (Phi) is 7.52. The van der Waals surface area contributed by atoms with Crippen LogP contribution in [0.3, 0.4) is 0 Å². The SMILES string of the molecule is C=CCC1CCC(CCc2ccc3c(F)c(CCc4cc(F)c(F)c(F)c4)ccc3c2)CC1. The van der Waals surface area contributed by atoms with Gasteiger partial charge in [0.1, 0.15) is 5.82 Å². The number of halogens is 4. The van der Waals surface area contributed by atoms with Crippen LogP contribution in [0.2, 0.25) is 0 Å². The predicted molar refractivity (Wildman–Crippen MR) is 126 cm³/mol. The van der Waals surface area contributed by atoms with E-state index in [9.17, 15) is 13.2 Å². The van der Waals surface area contributed by atoms with Crippen LogP contribution in [-0.4, -0.2) is 0 Å². The molecular weight excluding hydrogens is 424 g/mol. The molecule has 33 heavy (non-hydrogen) atoms. The van der Waals surface area contributed by atoms with Gasteiger partial charge in [-0.3, -0.25) is 0 Å². The molecule has 0 saturated heterocycles. The smallest absolute Gasteiger partial charge is 0.194 e. The molecule has 0 atom stereocenters. The minimum absolute atomic E-state index is 0.226. The second-order valence-electron chi connectivity index (χ2n) is 9.42. The fourth-order valence-electron chi connectivity index (χ4n) is 5.13. The first-order chi connectivity index (χ1) is 15.9. The second-order valence-corrected chi connectivity index (χ2v) is 9.42. The van der Waals surface area contributed by atoms with Gasteiger partial charge in [0.15, 0.2) is 17.5 Å². The molecule has 0 N–H and O–H groups in total. The summed E-state index contributed by atoms with van der Waals surface area (Å²) < 4.78 is 55.1. The van der Waals surface area contributed by atoms with Crippen molar-refractivity contribution in [3.05, 3.63) is 95.1 Å². The van der Waals surface area contributed by atoms with Gasteiger partial charge >= 0.3 is 0 Å². The van der Waals surface area contributed by atoms with Crippen molar-refractivity contribution in [3.8, 4) is 0 Å². The van der Waals surface area contributed by atoms with E-state index in [0.29, 0.717) is 16.5 Å². The number of hydrogen-bond donors (Lipinski definition) is 0. The molecule has 0 radical (unpaired) electrons. The van der Waals surface area contributed by atoms with Crippen LogP contribution in [0.4, 0.5) is 17.6 Å². The highest BCUT2D eigenvalue weighted by Gasteiger charge is 2.20. The summed E-state index contributed by atoms with van der Waals surface area (Å²) in [6.45, 7) is 3.85. The Balaban J connectivity index is 1.38. The van der Waals surface area contributed by atoms with Crippen molar-refractivity contribution in [2.45, 2.75) is 57.8 Å². The average molecular weight is 455 g/mol. The lowest BCUT2D eigenvalue weighted by Gasteiger charge is -2.27. The van der Waals surface area contributed by atoms with Crippen molar-refractivity contribution in [2.24, 2.45) is 11.8 Å². The van der Waals surface area contributed by atoms with E-state index in [-0.39, 0.29) is 18.7 Å². The van der Waals surface area contributed by atoms with Crippen molar-refractivity contribution in [3.63, 3.8) is 0 Å². The van der Waals surface area contributed by atoms with Crippen LogP contribution in [-0.2, 0) is 19.3 Å². The van der Waals surface area contributed by atoms with Gasteiger partial charge in [0.2, 0.25) is 0 Å². The molecule has 1 aliphatic rings. The van der Waals surface area contributed by atoms with Crippen LogP contribution >= 0.6 is 0 Å². The Morgan fingerprint density at radius 1 is 0.727 bits per heavy atom. The van der Waals surface area contributed by atoms with Gasteiger partial charge in [0, 0.05) is 5.39 Å². The number of rotatable bonds is 8. The molecule has 174 valence electrons. The van der Waals surface area contributed by atoms with Crippen molar-refractivity contribution in [1.82, 2.24) is 0 Å². The molecular formula is C29H30F4. The minimum Gasteiger partial charge on any atom is -0.206 e. The topological polar surface area (TPSA) is 0 Å². The van der Waals surface area contributed by atoms with Gasteiger partial charge in [-0.15, -0.1) is 6.58 Å². The lowest BCUT2D eigenvalue weighted by Crippen LogP contribution is -2.14. The average Bonchev–Trinajstić information content (AvgIpc) is 2.82. The number of allylic oxidation sites excluding steroid dienone is 1. The summed E-state index contributed by atoms with van der Waals surface area (Å²) in [5, 5.41) is 1.42. The van der Waals surface area contributed by atoms with Crippen LogP contribution < -0.4 is 0 Å². The van der Waals surface area contributed by atoms with Crippen molar-refractivity contribution < 1.29 is 17.6 Å². The quantitative estimate of drug-likeness (QED) is 0.182. The third-order valence-electron chi connectivity index (χ3n) is 7.13. The molecule has 1 aliphatic carbocycles. The van der Waals surface area contributed by atoms with Crippen LogP contribution in [0.15, 0.2) is 55.1 Å². The lowest BCUT2D eigenvalue weighted by molar-refractivity contribution is 0.265. The van der Waals surface area contributed by atoms with E-state index in [2.05, 4.69) is 12.6 Å². The molecule has 0 amide bonds. The first kappa shape index (κ1) is 23.5. The Bertz CT molecular complexity index is 1100. The van der Waals surface area contributed by atoms with Gasteiger partial charge in [0.25, 0.3) is 0 Å². The zero-order chi connectivity index (χ0) is 23.4. The molecule has 3 aromatic carbocycles. The van der Waals surface area contributed by atoms with E-state index in [1.165, 1.54) is 31.2 Å². The lowest BCUT2D eigenvalue weighted by atomic mass is 9.78. The van der Waals surface area contributed by atoms with E-state index in [0.717, 1.165) is 48.6 Å². The number of benzene rings is 3. The van der Waals surface area contributed by atoms with Crippen LogP contribution in [0, 0.1) is 35.1 Å². The maximum atomic E-state index is 15.1. The molecule has 0 aromatic heterocycles. The summed E-state index contributed by atoms with van der Waals surface area (Å²) in [5.41, 5.74) is 2.01. The summed E-state index contributed by atoms with van der Waals surface area (Å²) in [6, 6.07) is 11.5. The third-order valence-corrected chi connectivity index (χ3v) is 7.13. The molecule has 4 rings (SSSR count). The standard InChI is InChI=1S/C29H30F4/c1-2-3-19-4-6-20(7-5-19)8-9-21-11-15-25-24(16-21)14-13-23(28(25)32)12-10-22-17-26(30)29(33)27(31)18-22/h2,11,13-20H,1,3-10,12H2. The first-order valence-corrected chi connectivity index (χ1v) is 11.9. The van der Waals surface area contributed by atoms with E-state index in [1.807, 2.05) is 24.3 Å². The second kappa shape index (κ2) is 10.5. The zero-order valence-electron chi connectivity index (χ0n) is 18.9. The molecule has 0 unspecified atom stereocenters. The Hall–Kier alpha value is -2.62. The number of aryl methyl sites for hydroxylation is 3. The molecule has 0 nitrogen and oxygen atoms in total. The van der Waals surface area contributed by atoms with Gasteiger partial charge in [-0.1, -0.05) is 49.2 Å². The maximum absolute atomic E-state index is 15.1. The molecule has 3 aromatic rings. The number of hydrogen-bond acceptors (Lipinski definition) is 0. The monoisotopic (exact) mass is 454 g/mol. The molecule has 0 spiro atoms. The normalized spacial score (nSPS) is 18.5. The van der Waals surface area contributed by atoms with Gasteiger partial charge in [-0.05, 0) is 91.0 Å². The fourth-order valence-corrected chi connectivity index (χ4v) is 5.13. The predicted octanol–water partition coefficient (Wildman–Crippen LogP) is 8.50. The summed E-state index contributed by atoms with van der Waals surface area (Å²) in [7, 11) is 0. The molecule has 0 aliphatic heterocycles. The molecule has 0 heterocycles. The first-order valence-electron chi connectivity index (χ1n) is 11.9. The summed E-state index contributed by atoms with van der Waals surface area (Å²) >= 11 is 0. The fraction of sp³-hybridized carbons (Fsp3) is 0.379. The largest absolute Gasteiger partial charge is 0.206 e. The van der Waals surface area contributed by atoms with Crippen molar-refractivity contribution >= 4 is 10.8 Å². The Labute approximate surface area is 193 Å². The molecule has 1 fully saturated rings. The summed E-state index contributed by atoms with van der Waals surface area (Å²) in [4.78, 5) is 0. The van der Waals surface area contributed by atoms with Crippen LogP contribution in [0.5, 0.6) is 0 Å². The van der Waals surface area contributed by atoms with Crippen molar-refractivity contribution in [1.29, 1.82) is 0 Å². The zero-order valence-corrected chi connectivity index (χ0v) is 18.9. The highest BCUT2D eigenvalue weighted by atomic mass is 19.2. The van der Waals surface area contributed by atoms with Gasteiger partial charge in [-0.2, -0.15) is 0 Å². The van der Waals surface area contributed by atoms with Crippen LogP contribution in [0.25, 0.3) is 10.8 Å². The molecule has 0 bridgehead atoms. The highest BCUT2D eigenvalue weighted by Crippen LogP contribution is 2.34. The molecule has 1 saturated carbocycles. The maximum Gasteiger partial charge on any atom is 0.194 e. The highest BCUT2D eigenvalue weighted by molar-refractivity contribution is 5.84. The van der Waals surface area contributed by atoms with E-state index < -0.39 is 17.5 Å².